The number of piperidine rings is 1. The topological polar surface area (TPSA) is 133 Å². The molecule has 5 N–H and O–H groups in total. The average molecular weight is 278 g/mol. The molecule has 3 heterocycles. The number of imide groups is 1. The molecule has 1 aromatic rings. The van der Waals surface area contributed by atoms with E-state index in [2.05, 4.69) is 20.8 Å². The molecule has 1 aromatic heterocycles. The zero-order valence-electron chi connectivity index (χ0n) is 10.6. The van der Waals surface area contributed by atoms with Crippen molar-refractivity contribution < 1.29 is 14.4 Å². The Labute approximate surface area is 113 Å². The monoisotopic (exact) mass is 278 g/mol. The van der Waals surface area contributed by atoms with Gasteiger partial charge in [0.1, 0.15) is 11.2 Å². The molecule has 1 atom stereocenters. The fourth-order valence-corrected chi connectivity index (χ4v) is 2.67. The first-order chi connectivity index (χ1) is 9.52. The van der Waals surface area contributed by atoms with E-state index in [1.54, 1.807) is 0 Å². The fraction of sp³-hybridized carbons (Fsp3) is 0.455. The van der Waals surface area contributed by atoms with Gasteiger partial charge in [-0.3, -0.25) is 20.0 Å². The van der Waals surface area contributed by atoms with Crippen LogP contribution in [0, 0.1) is 0 Å². The second kappa shape index (κ2) is 4.22. The highest BCUT2D eigenvalue weighted by Crippen LogP contribution is 2.25. The van der Waals surface area contributed by atoms with E-state index in [9.17, 15) is 14.4 Å². The lowest BCUT2D eigenvalue weighted by Gasteiger charge is -2.37. The number of rotatable bonds is 1. The Morgan fingerprint density at radius 3 is 2.85 bits per heavy atom. The summed E-state index contributed by atoms with van der Waals surface area (Å²) >= 11 is 0. The van der Waals surface area contributed by atoms with Crippen molar-refractivity contribution >= 4 is 23.5 Å². The van der Waals surface area contributed by atoms with Gasteiger partial charge in [-0.15, -0.1) is 0 Å². The highest BCUT2D eigenvalue weighted by atomic mass is 16.2. The number of hydrogen-bond acceptors (Lipinski definition) is 5. The number of likely N-dealkylation sites (tertiary alicyclic amines) is 1. The number of amides is 4. The molecule has 9 heteroatoms. The molecule has 3 rings (SSSR count). The van der Waals surface area contributed by atoms with Gasteiger partial charge in [-0.1, -0.05) is 0 Å². The minimum Gasteiger partial charge on any atom is -0.396 e. The number of urea groups is 1. The van der Waals surface area contributed by atoms with Crippen LogP contribution in [0.4, 0.5) is 10.5 Å². The van der Waals surface area contributed by atoms with Crippen LogP contribution in [-0.4, -0.2) is 51.6 Å². The lowest BCUT2D eigenvalue weighted by Crippen LogP contribution is -2.59. The van der Waals surface area contributed by atoms with Crippen molar-refractivity contribution in [2.45, 2.75) is 18.4 Å². The van der Waals surface area contributed by atoms with Crippen molar-refractivity contribution in [2.24, 2.45) is 0 Å². The van der Waals surface area contributed by atoms with Crippen LogP contribution < -0.4 is 16.4 Å². The number of nitrogens with two attached hydrogens (primary N) is 1. The normalized spacial score (nSPS) is 25.7. The van der Waals surface area contributed by atoms with Crippen LogP contribution >= 0.6 is 0 Å². The molecule has 0 bridgehead atoms. The largest absolute Gasteiger partial charge is 0.396 e. The third-order valence-electron chi connectivity index (χ3n) is 3.68. The van der Waals surface area contributed by atoms with Crippen LogP contribution in [0.5, 0.6) is 0 Å². The SMILES string of the molecule is Nc1cn[nH]c1C(=O)N1CCCC2(C1)NC(=O)NC2=O. The summed E-state index contributed by atoms with van der Waals surface area (Å²) in [6.45, 7) is 0.629. The maximum atomic E-state index is 12.3. The van der Waals surface area contributed by atoms with E-state index >= 15 is 0 Å². The number of nitrogens with one attached hydrogen (secondary N) is 3. The van der Waals surface area contributed by atoms with Crippen molar-refractivity contribution in [3.05, 3.63) is 11.9 Å². The Kier molecular flexibility index (Phi) is 2.63. The number of hydrogen-bond donors (Lipinski definition) is 4. The molecule has 0 aromatic carbocycles. The van der Waals surface area contributed by atoms with Crippen LogP contribution in [0.25, 0.3) is 0 Å². The maximum Gasteiger partial charge on any atom is 0.322 e. The van der Waals surface area contributed by atoms with Crippen LogP contribution in [-0.2, 0) is 4.79 Å². The molecule has 9 nitrogen and oxygen atoms in total. The molecule has 0 aliphatic carbocycles. The average Bonchev–Trinajstić information content (AvgIpc) is 2.94. The van der Waals surface area contributed by atoms with E-state index in [0.29, 0.717) is 19.4 Å². The van der Waals surface area contributed by atoms with Gasteiger partial charge in [0.05, 0.1) is 18.4 Å². The summed E-state index contributed by atoms with van der Waals surface area (Å²) in [6, 6.07) is -0.523. The van der Waals surface area contributed by atoms with Crippen molar-refractivity contribution in [3.63, 3.8) is 0 Å². The number of anilines is 1. The van der Waals surface area contributed by atoms with Crippen molar-refractivity contribution in [2.75, 3.05) is 18.8 Å². The van der Waals surface area contributed by atoms with Gasteiger partial charge in [0, 0.05) is 6.54 Å². The van der Waals surface area contributed by atoms with Gasteiger partial charge in [0.15, 0.2) is 0 Å². The van der Waals surface area contributed by atoms with Crippen LogP contribution in [0.15, 0.2) is 6.20 Å². The molecule has 20 heavy (non-hydrogen) atoms. The highest BCUT2D eigenvalue weighted by molar-refractivity contribution is 6.08. The first-order valence-corrected chi connectivity index (χ1v) is 6.23. The molecule has 2 saturated heterocycles. The Hall–Kier alpha value is -2.58. The van der Waals surface area contributed by atoms with Gasteiger partial charge in [0.25, 0.3) is 11.8 Å². The van der Waals surface area contributed by atoms with Crippen LogP contribution in [0.3, 0.4) is 0 Å². The van der Waals surface area contributed by atoms with E-state index in [-0.39, 0.29) is 23.8 Å². The molecular weight excluding hydrogens is 264 g/mol. The molecule has 106 valence electrons. The second-order valence-corrected chi connectivity index (χ2v) is 5.02. The lowest BCUT2D eigenvalue weighted by molar-refractivity contribution is -0.125. The van der Waals surface area contributed by atoms with E-state index < -0.39 is 17.5 Å². The summed E-state index contributed by atoms with van der Waals surface area (Å²) in [7, 11) is 0. The summed E-state index contributed by atoms with van der Waals surface area (Å²) in [4.78, 5) is 37.0. The van der Waals surface area contributed by atoms with Gasteiger partial charge in [0.2, 0.25) is 0 Å². The lowest BCUT2D eigenvalue weighted by atomic mass is 9.89. The summed E-state index contributed by atoms with van der Waals surface area (Å²) < 4.78 is 0. The third kappa shape index (κ3) is 1.78. The fourth-order valence-electron chi connectivity index (χ4n) is 2.67. The zero-order chi connectivity index (χ0) is 14.3. The summed E-state index contributed by atoms with van der Waals surface area (Å²) in [6.07, 6.45) is 2.48. The number of nitrogens with zero attached hydrogens (tertiary/aromatic N) is 2. The van der Waals surface area contributed by atoms with E-state index in [0.717, 1.165) is 0 Å². The third-order valence-corrected chi connectivity index (χ3v) is 3.68. The quantitative estimate of drug-likeness (QED) is 0.479. The highest BCUT2D eigenvalue weighted by Gasteiger charge is 2.49. The molecule has 0 saturated carbocycles. The number of carbonyl (C=O) groups is 3. The Morgan fingerprint density at radius 2 is 2.25 bits per heavy atom. The van der Waals surface area contributed by atoms with Gasteiger partial charge in [-0.25, -0.2) is 4.79 Å². The molecule has 2 fully saturated rings. The Balaban J connectivity index is 1.82. The van der Waals surface area contributed by atoms with Crippen molar-refractivity contribution in [3.8, 4) is 0 Å². The maximum absolute atomic E-state index is 12.3. The van der Waals surface area contributed by atoms with Crippen molar-refractivity contribution in [1.29, 1.82) is 0 Å². The predicted molar refractivity (Wildman–Crippen MR) is 67.5 cm³/mol. The molecule has 0 radical (unpaired) electrons. The number of H-pyrrole nitrogens is 1. The molecule has 2 aliphatic rings. The summed E-state index contributed by atoms with van der Waals surface area (Å²) in [5, 5.41) is 11.1. The standard InChI is InChI=1S/C11H14N6O3/c12-6-4-13-16-7(6)8(18)17-3-1-2-11(5-17)9(19)14-10(20)15-11/h4H,1-3,5,12H2,(H,13,16)(H2,14,15,19,20). The Morgan fingerprint density at radius 1 is 1.45 bits per heavy atom. The van der Waals surface area contributed by atoms with Crippen molar-refractivity contribution in [1.82, 2.24) is 25.7 Å². The van der Waals surface area contributed by atoms with E-state index in [1.165, 1.54) is 11.1 Å². The number of carbonyl (C=O) groups excluding carboxylic acids is 3. The molecule has 1 spiro atoms. The summed E-state index contributed by atoms with van der Waals surface area (Å²) in [5.74, 6) is -0.717. The number of aromatic amines is 1. The van der Waals surface area contributed by atoms with Gasteiger partial charge in [-0.05, 0) is 12.8 Å². The van der Waals surface area contributed by atoms with Crippen LogP contribution in [0.1, 0.15) is 23.3 Å². The minimum atomic E-state index is -1.03. The zero-order valence-corrected chi connectivity index (χ0v) is 10.6. The molecular formula is C11H14N6O3. The summed E-state index contributed by atoms with van der Waals surface area (Å²) in [5.41, 5.74) is 5.08. The first-order valence-electron chi connectivity index (χ1n) is 6.23. The number of nitrogen functional groups attached to an aromatic ring is 1. The second-order valence-electron chi connectivity index (χ2n) is 5.02. The van der Waals surface area contributed by atoms with Gasteiger partial charge < -0.3 is 16.0 Å². The Bertz CT molecular complexity index is 597. The minimum absolute atomic E-state index is 0.127. The van der Waals surface area contributed by atoms with Gasteiger partial charge >= 0.3 is 6.03 Å². The van der Waals surface area contributed by atoms with Gasteiger partial charge in [-0.2, -0.15) is 5.10 Å². The molecule has 1 unspecified atom stereocenters. The van der Waals surface area contributed by atoms with E-state index in [1.807, 2.05) is 0 Å². The smallest absolute Gasteiger partial charge is 0.322 e. The number of aromatic nitrogens is 2. The predicted octanol–water partition coefficient (Wildman–Crippen LogP) is -1.19. The van der Waals surface area contributed by atoms with Crippen LogP contribution in [0.2, 0.25) is 0 Å². The first kappa shape index (κ1) is 12.5. The molecule has 2 aliphatic heterocycles. The van der Waals surface area contributed by atoms with E-state index in [4.69, 9.17) is 5.73 Å². The molecule has 4 amide bonds.